The number of H-pyrrole nitrogens is 1. The fraction of sp³-hybridized carbons (Fsp3) is 0.280. The molecule has 1 N–H and O–H groups in total. The number of hydrogen-bond acceptors (Lipinski definition) is 7. The molecule has 1 aliphatic heterocycles. The molecule has 188 valence electrons. The molecule has 3 atom stereocenters. The molecule has 3 aromatic rings. The number of aromatic amines is 1. The van der Waals surface area contributed by atoms with E-state index in [2.05, 4.69) is 4.98 Å². The molecule has 0 aliphatic carbocycles. The smallest absolute Gasteiger partial charge is 0.338 e. The summed E-state index contributed by atoms with van der Waals surface area (Å²) >= 11 is 11.8. The molecular formula is C25H22Cl2N2O7. The highest BCUT2D eigenvalue weighted by Crippen LogP contribution is 2.31. The van der Waals surface area contributed by atoms with E-state index in [1.54, 1.807) is 31.2 Å². The van der Waals surface area contributed by atoms with Gasteiger partial charge in [0.1, 0.15) is 25.0 Å². The van der Waals surface area contributed by atoms with Gasteiger partial charge in [-0.05, 0) is 55.0 Å². The Bertz CT molecular complexity index is 1370. The summed E-state index contributed by atoms with van der Waals surface area (Å²) < 4.78 is 18.3. The van der Waals surface area contributed by atoms with Crippen LogP contribution in [0, 0.1) is 0 Å². The van der Waals surface area contributed by atoms with Crippen molar-refractivity contribution in [3.63, 3.8) is 0 Å². The second-order valence-electron chi connectivity index (χ2n) is 8.10. The molecule has 0 saturated carbocycles. The highest BCUT2D eigenvalue weighted by atomic mass is 35.5. The highest BCUT2D eigenvalue weighted by molar-refractivity contribution is 6.31. The Hall–Kier alpha value is -3.40. The second kappa shape index (κ2) is 11.1. The predicted molar refractivity (Wildman–Crippen MR) is 132 cm³/mol. The van der Waals surface area contributed by atoms with Crippen molar-refractivity contribution in [2.24, 2.45) is 0 Å². The lowest BCUT2D eigenvalue weighted by atomic mass is 10.1. The fourth-order valence-corrected chi connectivity index (χ4v) is 4.01. The number of carbonyl (C=O) groups excluding carboxylic acids is 2. The van der Waals surface area contributed by atoms with Crippen LogP contribution in [0.25, 0.3) is 0 Å². The van der Waals surface area contributed by atoms with Gasteiger partial charge in [0, 0.05) is 28.2 Å². The first-order valence-corrected chi connectivity index (χ1v) is 11.9. The van der Waals surface area contributed by atoms with Crippen molar-refractivity contribution in [2.75, 3.05) is 6.61 Å². The Morgan fingerprint density at radius 2 is 1.58 bits per heavy atom. The number of nitrogens with one attached hydrogen (secondary N) is 1. The minimum atomic E-state index is -0.869. The van der Waals surface area contributed by atoms with Crippen LogP contribution in [-0.2, 0) is 20.6 Å². The number of benzene rings is 2. The minimum Gasteiger partial charge on any atom is -0.459 e. The van der Waals surface area contributed by atoms with Crippen LogP contribution in [0.15, 0.2) is 64.3 Å². The van der Waals surface area contributed by atoms with Crippen LogP contribution in [0.1, 0.15) is 45.9 Å². The van der Waals surface area contributed by atoms with Crippen LogP contribution >= 0.6 is 23.2 Å². The lowest BCUT2D eigenvalue weighted by molar-refractivity contribution is -0.0583. The maximum Gasteiger partial charge on any atom is 0.338 e. The zero-order valence-corrected chi connectivity index (χ0v) is 20.6. The number of ether oxygens (including phenoxy) is 3. The van der Waals surface area contributed by atoms with Crippen LogP contribution in [0.4, 0.5) is 0 Å². The van der Waals surface area contributed by atoms with Crippen molar-refractivity contribution in [3.8, 4) is 0 Å². The number of aromatic nitrogens is 2. The third-order valence-corrected chi connectivity index (χ3v) is 6.21. The Kier molecular flexibility index (Phi) is 7.93. The number of carbonyl (C=O) groups is 2. The van der Waals surface area contributed by atoms with Crippen molar-refractivity contribution in [1.29, 1.82) is 0 Å². The maximum absolute atomic E-state index is 12.7. The van der Waals surface area contributed by atoms with Crippen molar-refractivity contribution in [3.05, 3.63) is 102 Å². The third kappa shape index (κ3) is 5.87. The van der Waals surface area contributed by atoms with Gasteiger partial charge in [-0.1, -0.05) is 30.1 Å². The summed E-state index contributed by atoms with van der Waals surface area (Å²) in [7, 11) is 0. The van der Waals surface area contributed by atoms with E-state index in [9.17, 15) is 19.2 Å². The second-order valence-corrected chi connectivity index (χ2v) is 8.97. The van der Waals surface area contributed by atoms with Crippen molar-refractivity contribution < 1.29 is 23.8 Å². The van der Waals surface area contributed by atoms with Gasteiger partial charge in [0.25, 0.3) is 5.56 Å². The number of nitrogens with zero attached hydrogens (tertiary/aromatic N) is 1. The number of halogens is 2. The molecule has 1 fully saturated rings. The van der Waals surface area contributed by atoms with Gasteiger partial charge >= 0.3 is 17.6 Å². The van der Waals surface area contributed by atoms with E-state index < -0.39 is 41.6 Å². The van der Waals surface area contributed by atoms with Crippen LogP contribution in [-0.4, -0.2) is 40.3 Å². The summed E-state index contributed by atoms with van der Waals surface area (Å²) in [5.74, 6) is -1.24. The molecule has 0 spiro atoms. The zero-order chi connectivity index (χ0) is 25.8. The minimum absolute atomic E-state index is 0.0948. The third-order valence-electron chi connectivity index (χ3n) is 5.71. The first-order valence-electron chi connectivity index (χ1n) is 11.1. The number of hydrogen-bond donors (Lipinski definition) is 1. The molecule has 9 nitrogen and oxygen atoms in total. The van der Waals surface area contributed by atoms with E-state index in [-0.39, 0.29) is 24.2 Å². The van der Waals surface area contributed by atoms with Gasteiger partial charge in [0.05, 0.1) is 11.1 Å². The van der Waals surface area contributed by atoms with Crippen LogP contribution in [0.2, 0.25) is 10.0 Å². The molecule has 0 bridgehead atoms. The standard InChI is InChI=1S/C25H22Cl2N2O7/c1-2-14-12-29(25(33)28-22(14)30)21-11-19(36-24(32)16-5-9-18(27)10-6-16)20(35-21)13-34-23(31)15-3-7-17(26)8-4-15/h3-10,12,19-21H,2,11,13H2,1H3,(H,28,30,33). The summed E-state index contributed by atoms with van der Waals surface area (Å²) in [5, 5.41) is 0.937. The molecule has 2 aromatic carbocycles. The fourth-order valence-electron chi connectivity index (χ4n) is 3.76. The van der Waals surface area contributed by atoms with Crippen molar-refractivity contribution in [2.45, 2.75) is 38.2 Å². The molecule has 3 unspecified atom stereocenters. The zero-order valence-electron chi connectivity index (χ0n) is 19.1. The number of rotatable bonds is 7. The molecule has 1 aromatic heterocycles. The molecule has 0 amide bonds. The van der Waals surface area contributed by atoms with E-state index in [4.69, 9.17) is 37.4 Å². The predicted octanol–water partition coefficient (Wildman–Crippen LogP) is 3.78. The molecule has 36 heavy (non-hydrogen) atoms. The molecule has 1 saturated heterocycles. The maximum atomic E-state index is 12.7. The van der Waals surface area contributed by atoms with Gasteiger partial charge < -0.3 is 14.2 Å². The quantitative estimate of drug-likeness (QED) is 0.460. The van der Waals surface area contributed by atoms with Gasteiger partial charge in [-0.2, -0.15) is 0 Å². The largest absolute Gasteiger partial charge is 0.459 e. The normalized spacial score (nSPS) is 19.1. The Morgan fingerprint density at radius 1 is 1.00 bits per heavy atom. The number of aryl methyl sites for hydroxylation is 1. The van der Waals surface area contributed by atoms with Gasteiger partial charge in [-0.15, -0.1) is 0 Å². The highest BCUT2D eigenvalue weighted by Gasteiger charge is 2.40. The molecule has 2 heterocycles. The van der Waals surface area contributed by atoms with Gasteiger partial charge in [-0.25, -0.2) is 14.4 Å². The summed E-state index contributed by atoms with van der Waals surface area (Å²) in [4.78, 5) is 51.9. The topological polar surface area (TPSA) is 117 Å². The first kappa shape index (κ1) is 25.7. The lowest BCUT2D eigenvalue weighted by Gasteiger charge is -2.19. The Labute approximate surface area is 215 Å². The molecule has 1 aliphatic rings. The van der Waals surface area contributed by atoms with E-state index in [0.717, 1.165) is 0 Å². The van der Waals surface area contributed by atoms with E-state index in [1.807, 2.05) is 0 Å². The SMILES string of the molecule is CCc1cn(C2CC(OC(=O)c3ccc(Cl)cc3)C(COC(=O)c3ccc(Cl)cc3)O2)c(=O)[nH]c1=O. The van der Waals surface area contributed by atoms with Crippen LogP contribution in [0.3, 0.4) is 0 Å². The van der Waals surface area contributed by atoms with E-state index in [0.29, 0.717) is 22.0 Å². The lowest BCUT2D eigenvalue weighted by Crippen LogP contribution is -2.34. The monoisotopic (exact) mass is 532 g/mol. The van der Waals surface area contributed by atoms with Crippen molar-refractivity contribution in [1.82, 2.24) is 9.55 Å². The summed E-state index contributed by atoms with van der Waals surface area (Å²) in [6.45, 7) is 1.54. The van der Waals surface area contributed by atoms with E-state index >= 15 is 0 Å². The summed E-state index contributed by atoms with van der Waals surface area (Å²) in [5.41, 5.74) is -0.187. The van der Waals surface area contributed by atoms with Gasteiger partial charge in [0.15, 0.2) is 0 Å². The first-order chi connectivity index (χ1) is 17.2. The number of esters is 2. The van der Waals surface area contributed by atoms with Gasteiger partial charge in [-0.3, -0.25) is 14.3 Å². The van der Waals surface area contributed by atoms with Crippen LogP contribution < -0.4 is 11.2 Å². The molecule has 4 rings (SSSR count). The Balaban J connectivity index is 1.54. The molecule has 11 heteroatoms. The van der Waals surface area contributed by atoms with E-state index in [1.165, 1.54) is 35.0 Å². The van der Waals surface area contributed by atoms with Crippen LogP contribution in [0.5, 0.6) is 0 Å². The molecule has 0 radical (unpaired) electrons. The summed E-state index contributed by atoms with van der Waals surface area (Å²) in [6.07, 6.45) is -0.656. The van der Waals surface area contributed by atoms with Gasteiger partial charge in [0.2, 0.25) is 0 Å². The summed E-state index contributed by atoms with van der Waals surface area (Å²) in [6, 6.07) is 12.3. The van der Waals surface area contributed by atoms with Crippen molar-refractivity contribution >= 4 is 35.1 Å². The molecular weight excluding hydrogens is 511 g/mol. The average molecular weight is 533 g/mol. The average Bonchev–Trinajstić information content (AvgIpc) is 3.25. The Morgan fingerprint density at radius 3 is 2.17 bits per heavy atom.